The summed E-state index contributed by atoms with van der Waals surface area (Å²) in [4.78, 5) is 0. The van der Waals surface area contributed by atoms with Crippen molar-refractivity contribution in [2.45, 2.75) is 31.8 Å². The second-order valence-electron chi connectivity index (χ2n) is 5.31. The van der Waals surface area contributed by atoms with Crippen LogP contribution in [0.5, 0.6) is 0 Å². The van der Waals surface area contributed by atoms with Crippen LogP contribution in [0.2, 0.25) is 0 Å². The van der Waals surface area contributed by atoms with Gasteiger partial charge in [-0.3, -0.25) is 0 Å². The molecule has 18 heavy (non-hydrogen) atoms. The highest BCUT2D eigenvalue weighted by molar-refractivity contribution is 5.26. The van der Waals surface area contributed by atoms with E-state index < -0.39 is 5.60 Å². The third kappa shape index (κ3) is 3.21. The predicted molar refractivity (Wildman–Crippen MR) is 75.6 cm³/mol. The summed E-state index contributed by atoms with van der Waals surface area (Å²) in [6.07, 6.45) is 0.856. The van der Waals surface area contributed by atoms with Crippen LogP contribution < -0.4 is 0 Å². The average Bonchev–Trinajstić information content (AvgIpc) is 2.37. The highest BCUT2D eigenvalue weighted by Gasteiger charge is 2.28. The third-order valence-electron chi connectivity index (χ3n) is 3.34. The molecule has 0 radical (unpaired) electrons. The highest BCUT2D eigenvalue weighted by Crippen LogP contribution is 2.31. The Hall–Kier alpha value is -1.60. The molecular formula is C17H20O. The van der Waals surface area contributed by atoms with Crippen LogP contribution in [0.15, 0.2) is 60.7 Å². The fraction of sp³-hybridized carbons (Fsp3) is 0.294. The minimum atomic E-state index is -0.725. The molecule has 1 N–H and O–H groups in total. The molecule has 2 aromatic carbocycles. The second kappa shape index (κ2) is 5.36. The molecule has 0 saturated heterocycles. The molecule has 0 spiro atoms. The minimum Gasteiger partial charge on any atom is -0.390 e. The van der Waals surface area contributed by atoms with Gasteiger partial charge in [-0.15, -0.1) is 0 Å². The van der Waals surface area contributed by atoms with E-state index in [0.717, 1.165) is 6.42 Å². The quantitative estimate of drug-likeness (QED) is 0.862. The molecule has 1 unspecified atom stereocenters. The summed E-state index contributed by atoms with van der Waals surface area (Å²) < 4.78 is 0. The largest absolute Gasteiger partial charge is 0.390 e. The molecule has 0 heterocycles. The first-order valence-electron chi connectivity index (χ1n) is 6.38. The fourth-order valence-electron chi connectivity index (χ4n) is 2.31. The van der Waals surface area contributed by atoms with Gasteiger partial charge in [0.15, 0.2) is 0 Å². The first kappa shape index (κ1) is 12.8. The lowest BCUT2D eigenvalue weighted by Crippen LogP contribution is -2.30. The van der Waals surface area contributed by atoms with Crippen molar-refractivity contribution in [1.82, 2.24) is 0 Å². The standard InChI is InChI=1S/C17H20O/c1-17(2,18)16(15-11-7-4-8-12-15)13-14-9-5-3-6-10-14/h3-12,16,18H,13H2,1-2H3. The molecule has 1 atom stereocenters. The molecule has 0 aliphatic carbocycles. The topological polar surface area (TPSA) is 20.2 Å². The van der Waals surface area contributed by atoms with Gasteiger partial charge in [-0.25, -0.2) is 0 Å². The zero-order valence-electron chi connectivity index (χ0n) is 11.0. The Morgan fingerprint density at radius 2 is 1.39 bits per heavy atom. The van der Waals surface area contributed by atoms with Gasteiger partial charge in [0.25, 0.3) is 0 Å². The van der Waals surface area contributed by atoms with E-state index in [9.17, 15) is 5.11 Å². The average molecular weight is 240 g/mol. The van der Waals surface area contributed by atoms with E-state index in [2.05, 4.69) is 24.3 Å². The highest BCUT2D eigenvalue weighted by atomic mass is 16.3. The Morgan fingerprint density at radius 3 is 1.89 bits per heavy atom. The van der Waals surface area contributed by atoms with Crippen molar-refractivity contribution in [2.75, 3.05) is 0 Å². The molecule has 0 amide bonds. The summed E-state index contributed by atoms with van der Waals surface area (Å²) >= 11 is 0. The lowest BCUT2D eigenvalue weighted by Gasteiger charge is -2.30. The monoisotopic (exact) mass is 240 g/mol. The molecule has 1 heteroatoms. The van der Waals surface area contributed by atoms with Crippen LogP contribution in [-0.2, 0) is 6.42 Å². The van der Waals surface area contributed by atoms with Crippen LogP contribution in [0, 0.1) is 0 Å². The molecular weight excluding hydrogens is 220 g/mol. The molecule has 0 saturated carbocycles. The molecule has 1 nitrogen and oxygen atoms in total. The molecule has 2 rings (SSSR count). The van der Waals surface area contributed by atoms with Crippen molar-refractivity contribution in [3.05, 3.63) is 71.8 Å². The number of benzene rings is 2. The van der Waals surface area contributed by atoms with Crippen molar-refractivity contribution < 1.29 is 5.11 Å². The SMILES string of the molecule is CC(C)(O)C(Cc1ccccc1)c1ccccc1. The van der Waals surface area contributed by atoms with Crippen LogP contribution in [-0.4, -0.2) is 10.7 Å². The first-order valence-corrected chi connectivity index (χ1v) is 6.38. The normalized spacial score (nSPS) is 13.3. The van der Waals surface area contributed by atoms with E-state index in [4.69, 9.17) is 0 Å². The van der Waals surface area contributed by atoms with Gasteiger partial charge >= 0.3 is 0 Å². The minimum absolute atomic E-state index is 0.112. The van der Waals surface area contributed by atoms with Gasteiger partial charge in [0.05, 0.1) is 5.60 Å². The van der Waals surface area contributed by atoms with Gasteiger partial charge in [0, 0.05) is 5.92 Å². The van der Waals surface area contributed by atoms with E-state index in [1.807, 2.05) is 50.2 Å². The fourth-order valence-corrected chi connectivity index (χ4v) is 2.31. The Kier molecular flexibility index (Phi) is 3.83. The Bertz CT molecular complexity index is 468. The van der Waals surface area contributed by atoms with Crippen molar-refractivity contribution in [3.8, 4) is 0 Å². The summed E-state index contributed by atoms with van der Waals surface area (Å²) in [5.74, 6) is 0.112. The number of aliphatic hydroxyl groups is 1. The van der Waals surface area contributed by atoms with E-state index in [0.29, 0.717) is 0 Å². The lowest BCUT2D eigenvalue weighted by molar-refractivity contribution is 0.0496. The van der Waals surface area contributed by atoms with E-state index in [1.54, 1.807) is 0 Å². The molecule has 0 fully saturated rings. The summed E-state index contributed by atoms with van der Waals surface area (Å²) in [5.41, 5.74) is 1.72. The lowest BCUT2D eigenvalue weighted by atomic mass is 9.80. The molecule has 0 aromatic heterocycles. The van der Waals surface area contributed by atoms with Gasteiger partial charge in [-0.05, 0) is 31.4 Å². The Balaban J connectivity index is 2.28. The van der Waals surface area contributed by atoms with E-state index in [-0.39, 0.29) is 5.92 Å². The maximum absolute atomic E-state index is 10.4. The summed E-state index contributed by atoms with van der Waals surface area (Å²) in [6.45, 7) is 3.77. The summed E-state index contributed by atoms with van der Waals surface area (Å²) in [5, 5.41) is 10.4. The van der Waals surface area contributed by atoms with Crippen LogP contribution in [0.1, 0.15) is 30.9 Å². The molecule has 94 valence electrons. The van der Waals surface area contributed by atoms with Gasteiger partial charge in [0.1, 0.15) is 0 Å². The Morgan fingerprint density at radius 1 is 0.889 bits per heavy atom. The second-order valence-corrected chi connectivity index (χ2v) is 5.31. The summed E-state index contributed by atoms with van der Waals surface area (Å²) in [6, 6.07) is 20.6. The van der Waals surface area contributed by atoms with Crippen molar-refractivity contribution in [2.24, 2.45) is 0 Å². The van der Waals surface area contributed by atoms with Crippen molar-refractivity contribution >= 4 is 0 Å². The number of hydrogen-bond acceptors (Lipinski definition) is 1. The number of rotatable bonds is 4. The smallest absolute Gasteiger partial charge is 0.0663 e. The zero-order chi connectivity index (χ0) is 13.0. The van der Waals surface area contributed by atoms with Crippen LogP contribution in [0.4, 0.5) is 0 Å². The van der Waals surface area contributed by atoms with Gasteiger partial charge < -0.3 is 5.11 Å². The van der Waals surface area contributed by atoms with Gasteiger partial charge in [0.2, 0.25) is 0 Å². The number of hydrogen-bond donors (Lipinski definition) is 1. The maximum atomic E-state index is 10.4. The van der Waals surface area contributed by atoms with Crippen LogP contribution in [0.25, 0.3) is 0 Å². The summed E-state index contributed by atoms with van der Waals surface area (Å²) in [7, 11) is 0. The van der Waals surface area contributed by atoms with Crippen LogP contribution >= 0.6 is 0 Å². The molecule has 0 aliphatic heterocycles. The van der Waals surface area contributed by atoms with E-state index in [1.165, 1.54) is 11.1 Å². The zero-order valence-corrected chi connectivity index (χ0v) is 11.0. The van der Waals surface area contributed by atoms with Gasteiger partial charge in [-0.1, -0.05) is 60.7 Å². The third-order valence-corrected chi connectivity index (χ3v) is 3.34. The predicted octanol–water partition coefficient (Wildman–Crippen LogP) is 3.78. The molecule has 0 aliphatic rings. The van der Waals surface area contributed by atoms with Crippen molar-refractivity contribution in [1.29, 1.82) is 0 Å². The maximum Gasteiger partial charge on any atom is 0.0663 e. The Labute approximate surface area is 109 Å². The van der Waals surface area contributed by atoms with Crippen molar-refractivity contribution in [3.63, 3.8) is 0 Å². The van der Waals surface area contributed by atoms with E-state index >= 15 is 0 Å². The van der Waals surface area contributed by atoms with Gasteiger partial charge in [-0.2, -0.15) is 0 Å². The molecule has 2 aromatic rings. The van der Waals surface area contributed by atoms with Crippen LogP contribution in [0.3, 0.4) is 0 Å². The molecule has 0 bridgehead atoms. The first-order chi connectivity index (χ1) is 8.57.